The maximum atomic E-state index is 12.4. The number of benzene rings is 2. The first-order valence-electron chi connectivity index (χ1n) is 8.61. The summed E-state index contributed by atoms with van der Waals surface area (Å²) in [4.78, 5) is 12.4. The molecule has 1 heterocycles. The highest BCUT2D eigenvalue weighted by Gasteiger charge is 2.21. The summed E-state index contributed by atoms with van der Waals surface area (Å²) in [6, 6.07) is 13.3. The molecular weight excluding hydrogens is 371 g/mol. The van der Waals surface area contributed by atoms with E-state index in [4.69, 9.17) is 16.3 Å². The Labute approximate surface area is 165 Å². The molecule has 0 radical (unpaired) electrons. The van der Waals surface area contributed by atoms with Gasteiger partial charge in [0.1, 0.15) is 12.4 Å². The molecule has 2 aromatic carbocycles. The topological polar surface area (TPSA) is 50.4 Å². The Balaban J connectivity index is 0.00000243. The summed E-state index contributed by atoms with van der Waals surface area (Å²) in [6.45, 7) is 4.19. The lowest BCUT2D eigenvalue weighted by molar-refractivity contribution is -0.120. The van der Waals surface area contributed by atoms with Gasteiger partial charge in [0.25, 0.3) is 0 Å². The number of carbonyl (C=O) groups excluding carboxylic acids is 1. The van der Waals surface area contributed by atoms with Crippen molar-refractivity contribution in [3.8, 4) is 5.75 Å². The van der Waals surface area contributed by atoms with Crippen molar-refractivity contribution in [3.05, 3.63) is 58.6 Å². The van der Waals surface area contributed by atoms with Crippen LogP contribution in [0.15, 0.2) is 42.5 Å². The van der Waals surface area contributed by atoms with Crippen LogP contribution >= 0.6 is 24.0 Å². The van der Waals surface area contributed by atoms with Crippen LogP contribution in [0.3, 0.4) is 0 Å². The van der Waals surface area contributed by atoms with Crippen molar-refractivity contribution < 1.29 is 9.53 Å². The van der Waals surface area contributed by atoms with E-state index >= 15 is 0 Å². The molecule has 1 aliphatic rings. The predicted octanol–water partition coefficient (Wildman–Crippen LogP) is 4.59. The van der Waals surface area contributed by atoms with Gasteiger partial charge in [0.15, 0.2) is 0 Å². The Morgan fingerprint density at radius 1 is 1.31 bits per heavy atom. The Hall–Kier alpha value is -1.75. The Morgan fingerprint density at radius 3 is 2.85 bits per heavy atom. The van der Waals surface area contributed by atoms with Gasteiger partial charge in [-0.15, -0.1) is 12.4 Å². The maximum absolute atomic E-state index is 12.4. The SMILES string of the molecule is Cc1cc(OCc2cccc(Cl)c2)ccc1NC(=O)C1CCCNC1.Cl. The van der Waals surface area contributed by atoms with E-state index in [1.807, 2.05) is 49.4 Å². The minimum Gasteiger partial charge on any atom is -0.489 e. The third-order valence-electron chi connectivity index (χ3n) is 4.42. The molecule has 1 amide bonds. The Morgan fingerprint density at radius 2 is 2.15 bits per heavy atom. The predicted molar refractivity (Wildman–Crippen MR) is 108 cm³/mol. The Bertz CT molecular complexity index is 746. The van der Waals surface area contributed by atoms with Crippen molar-refractivity contribution in [2.45, 2.75) is 26.4 Å². The number of hydrogen-bond acceptors (Lipinski definition) is 3. The molecular formula is C20H24Cl2N2O2. The van der Waals surface area contributed by atoms with Crippen LogP contribution in [-0.4, -0.2) is 19.0 Å². The van der Waals surface area contributed by atoms with E-state index in [1.165, 1.54) is 0 Å². The highest BCUT2D eigenvalue weighted by atomic mass is 35.5. The van der Waals surface area contributed by atoms with Crippen molar-refractivity contribution in [1.29, 1.82) is 0 Å². The molecule has 26 heavy (non-hydrogen) atoms. The van der Waals surface area contributed by atoms with Gasteiger partial charge in [-0.25, -0.2) is 0 Å². The number of rotatable bonds is 5. The number of nitrogens with one attached hydrogen (secondary N) is 2. The largest absolute Gasteiger partial charge is 0.489 e. The quantitative estimate of drug-likeness (QED) is 0.779. The molecule has 0 spiro atoms. The molecule has 0 aromatic heterocycles. The lowest BCUT2D eigenvalue weighted by Gasteiger charge is -2.22. The molecule has 140 valence electrons. The molecule has 2 aromatic rings. The van der Waals surface area contributed by atoms with Crippen LogP contribution in [-0.2, 0) is 11.4 Å². The highest BCUT2D eigenvalue weighted by Crippen LogP contribution is 2.24. The van der Waals surface area contributed by atoms with Crippen LogP contribution in [0.1, 0.15) is 24.0 Å². The molecule has 1 saturated heterocycles. The van der Waals surface area contributed by atoms with Crippen LogP contribution in [0.2, 0.25) is 5.02 Å². The lowest BCUT2D eigenvalue weighted by Crippen LogP contribution is -2.37. The van der Waals surface area contributed by atoms with Crippen molar-refractivity contribution in [2.75, 3.05) is 18.4 Å². The van der Waals surface area contributed by atoms with Crippen LogP contribution in [0, 0.1) is 12.8 Å². The normalized spacial score (nSPS) is 16.5. The van der Waals surface area contributed by atoms with E-state index in [2.05, 4.69) is 10.6 Å². The molecule has 0 bridgehead atoms. The summed E-state index contributed by atoms with van der Waals surface area (Å²) in [7, 11) is 0. The maximum Gasteiger partial charge on any atom is 0.228 e. The third-order valence-corrected chi connectivity index (χ3v) is 4.65. The molecule has 1 aliphatic heterocycles. The summed E-state index contributed by atoms with van der Waals surface area (Å²) >= 11 is 5.98. The number of hydrogen-bond donors (Lipinski definition) is 2. The van der Waals surface area contributed by atoms with Crippen LogP contribution in [0.25, 0.3) is 0 Å². The second-order valence-electron chi connectivity index (χ2n) is 6.43. The van der Waals surface area contributed by atoms with Gasteiger partial charge in [-0.2, -0.15) is 0 Å². The monoisotopic (exact) mass is 394 g/mol. The van der Waals surface area contributed by atoms with Crippen LogP contribution in [0.4, 0.5) is 5.69 Å². The summed E-state index contributed by atoms with van der Waals surface area (Å²) in [5.74, 6) is 0.907. The zero-order valence-electron chi connectivity index (χ0n) is 14.8. The average molecular weight is 395 g/mol. The highest BCUT2D eigenvalue weighted by molar-refractivity contribution is 6.30. The molecule has 1 unspecified atom stereocenters. The van der Waals surface area contributed by atoms with Gasteiger partial charge in [0.2, 0.25) is 5.91 Å². The van der Waals surface area contributed by atoms with Crippen molar-refractivity contribution in [1.82, 2.24) is 5.32 Å². The average Bonchev–Trinajstić information content (AvgIpc) is 2.63. The van der Waals surface area contributed by atoms with Gasteiger partial charge >= 0.3 is 0 Å². The molecule has 6 heteroatoms. The van der Waals surface area contributed by atoms with Gasteiger partial charge in [0.05, 0.1) is 5.92 Å². The van der Waals surface area contributed by atoms with Crippen LogP contribution in [0.5, 0.6) is 5.75 Å². The number of aryl methyl sites for hydroxylation is 1. The van der Waals surface area contributed by atoms with Gasteiger partial charge < -0.3 is 15.4 Å². The van der Waals surface area contributed by atoms with Crippen molar-refractivity contribution in [3.63, 3.8) is 0 Å². The van der Waals surface area contributed by atoms with E-state index < -0.39 is 0 Å². The molecule has 3 rings (SSSR count). The summed E-state index contributed by atoms with van der Waals surface area (Å²) in [5.41, 5.74) is 2.85. The number of carbonyl (C=O) groups is 1. The first kappa shape index (κ1) is 20.6. The number of ether oxygens (including phenoxy) is 1. The van der Waals surface area contributed by atoms with E-state index in [0.717, 1.165) is 48.5 Å². The minimum atomic E-state index is 0. The standard InChI is InChI=1S/C20H23ClN2O2.ClH/c1-14-10-18(25-13-15-4-2-6-17(21)11-15)7-8-19(14)23-20(24)16-5-3-9-22-12-16;/h2,4,6-8,10-11,16,22H,3,5,9,12-13H2,1H3,(H,23,24);1H. The van der Waals surface area contributed by atoms with E-state index in [9.17, 15) is 4.79 Å². The van der Waals surface area contributed by atoms with Gasteiger partial charge in [-0.05, 0) is 67.8 Å². The molecule has 1 fully saturated rings. The molecule has 1 atom stereocenters. The Kier molecular flexibility index (Phi) is 7.76. The van der Waals surface area contributed by atoms with Gasteiger partial charge in [-0.1, -0.05) is 23.7 Å². The lowest BCUT2D eigenvalue weighted by atomic mass is 9.98. The second-order valence-corrected chi connectivity index (χ2v) is 6.86. The van der Waals surface area contributed by atoms with Crippen molar-refractivity contribution in [2.24, 2.45) is 5.92 Å². The number of amides is 1. The van der Waals surface area contributed by atoms with Gasteiger partial charge in [0, 0.05) is 17.3 Å². The number of halogens is 2. The zero-order chi connectivity index (χ0) is 17.6. The summed E-state index contributed by atoms with van der Waals surface area (Å²) in [6.07, 6.45) is 1.99. The third kappa shape index (κ3) is 5.63. The first-order valence-corrected chi connectivity index (χ1v) is 8.99. The molecule has 0 aliphatic carbocycles. The summed E-state index contributed by atoms with van der Waals surface area (Å²) in [5, 5.41) is 7.01. The minimum absolute atomic E-state index is 0. The van der Waals surface area contributed by atoms with E-state index in [0.29, 0.717) is 11.6 Å². The van der Waals surface area contributed by atoms with E-state index in [1.54, 1.807) is 0 Å². The summed E-state index contributed by atoms with van der Waals surface area (Å²) < 4.78 is 5.82. The fourth-order valence-electron chi connectivity index (χ4n) is 2.97. The molecule has 0 saturated carbocycles. The first-order chi connectivity index (χ1) is 12.1. The van der Waals surface area contributed by atoms with Crippen molar-refractivity contribution >= 4 is 35.6 Å². The van der Waals surface area contributed by atoms with Crippen LogP contribution < -0.4 is 15.4 Å². The number of anilines is 1. The smallest absolute Gasteiger partial charge is 0.228 e. The fourth-order valence-corrected chi connectivity index (χ4v) is 3.18. The van der Waals surface area contributed by atoms with Gasteiger partial charge in [-0.3, -0.25) is 4.79 Å². The van der Waals surface area contributed by atoms with E-state index in [-0.39, 0.29) is 24.2 Å². The zero-order valence-corrected chi connectivity index (χ0v) is 16.3. The number of piperidine rings is 1. The molecule has 2 N–H and O–H groups in total. The second kappa shape index (κ2) is 9.81. The molecule has 4 nitrogen and oxygen atoms in total. The fraction of sp³-hybridized carbons (Fsp3) is 0.350.